The summed E-state index contributed by atoms with van der Waals surface area (Å²) < 4.78 is 0. The quantitative estimate of drug-likeness (QED) is 0.814. The number of aromatic amines is 1. The van der Waals surface area contributed by atoms with E-state index in [0.717, 1.165) is 28.9 Å². The van der Waals surface area contributed by atoms with Crippen molar-refractivity contribution < 1.29 is 0 Å². The van der Waals surface area contributed by atoms with E-state index < -0.39 is 0 Å². The molecule has 16 heavy (non-hydrogen) atoms. The van der Waals surface area contributed by atoms with Crippen molar-refractivity contribution in [2.75, 3.05) is 5.73 Å². The van der Waals surface area contributed by atoms with E-state index in [2.05, 4.69) is 22.1 Å². The highest BCUT2D eigenvalue weighted by Gasteiger charge is 2.07. The smallest absolute Gasteiger partial charge is 0.0965 e. The summed E-state index contributed by atoms with van der Waals surface area (Å²) in [7, 11) is 0. The van der Waals surface area contributed by atoms with Crippen LogP contribution in [-0.4, -0.2) is 15.2 Å². The van der Waals surface area contributed by atoms with Crippen LogP contribution in [0.4, 0.5) is 5.69 Å². The molecule has 3 N–H and O–H groups in total. The second-order valence-corrected chi connectivity index (χ2v) is 3.07. The lowest BCUT2D eigenvalue weighted by Crippen LogP contribution is -1.97. The number of hydrogen-bond acceptors (Lipinski definition) is 3. The number of hydrogen-bond donors (Lipinski definition) is 2. The number of anilines is 1. The van der Waals surface area contributed by atoms with Crippen LogP contribution >= 0.6 is 0 Å². The first kappa shape index (κ1) is 12.2. The minimum atomic E-state index is 0.747. The van der Waals surface area contributed by atoms with Gasteiger partial charge in [0, 0.05) is 18.0 Å². The standard InChI is InChI=1S/C10H12N4.C2H6/c1-2-7-3-4-12-10(9(7)11)8-5-13-14-6-8;1-2/h3-6H,2,11H2,1H3,(H,13,14);1-2H3. The van der Waals surface area contributed by atoms with Gasteiger partial charge in [-0.3, -0.25) is 10.1 Å². The highest BCUT2D eigenvalue weighted by atomic mass is 15.1. The minimum Gasteiger partial charge on any atom is -0.397 e. The van der Waals surface area contributed by atoms with Gasteiger partial charge < -0.3 is 5.73 Å². The number of nitrogen functional groups attached to an aromatic ring is 1. The van der Waals surface area contributed by atoms with Crippen LogP contribution in [0.2, 0.25) is 0 Å². The van der Waals surface area contributed by atoms with E-state index in [1.54, 1.807) is 18.6 Å². The molecule has 0 amide bonds. The summed E-state index contributed by atoms with van der Waals surface area (Å²) in [4.78, 5) is 4.24. The first-order valence-corrected chi connectivity index (χ1v) is 5.55. The Bertz CT molecular complexity index is 421. The van der Waals surface area contributed by atoms with Crippen LogP contribution in [0.5, 0.6) is 0 Å². The molecule has 4 heteroatoms. The van der Waals surface area contributed by atoms with Gasteiger partial charge in [-0.25, -0.2) is 0 Å². The average molecular weight is 218 g/mol. The summed E-state index contributed by atoms with van der Waals surface area (Å²) in [5.41, 5.74) is 9.58. The van der Waals surface area contributed by atoms with Crippen molar-refractivity contribution in [1.29, 1.82) is 0 Å². The van der Waals surface area contributed by atoms with E-state index >= 15 is 0 Å². The molecule has 2 aromatic heterocycles. The summed E-state index contributed by atoms with van der Waals surface area (Å²) in [5.74, 6) is 0. The van der Waals surface area contributed by atoms with Crippen molar-refractivity contribution in [2.45, 2.75) is 27.2 Å². The van der Waals surface area contributed by atoms with Crippen molar-refractivity contribution in [3.05, 3.63) is 30.2 Å². The van der Waals surface area contributed by atoms with Crippen molar-refractivity contribution >= 4 is 5.69 Å². The SMILES string of the molecule is CC.CCc1ccnc(-c2cn[nH]c2)c1N. The fraction of sp³-hybridized carbons (Fsp3) is 0.333. The number of pyridine rings is 1. The Labute approximate surface area is 95.9 Å². The molecule has 86 valence electrons. The second-order valence-electron chi connectivity index (χ2n) is 3.07. The molecule has 0 bridgehead atoms. The van der Waals surface area contributed by atoms with E-state index in [1.165, 1.54) is 0 Å². The van der Waals surface area contributed by atoms with E-state index in [1.807, 2.05) is 19.9 Å². The third-order valence-electron chi connectivity index (χ3n) is 2.23. The molecule has 2 aromatic rings. The van der Waals surface area contributed by atoms with Crippen LogP contribution in [0.15, 0.2) is 24.7 Å². The molecule has 0 aliphatic rings. The lowest BCUT2D eigenvalue weighted by atomic mass is 10.1. The molecule has 0 fully saturated rings. The van der Waals surface area contributed by atoms with Crippen LogP contribution in [0, 0.1) is 0 Å². The fourth-order valence-corrected chi connectivity index (χ4v) is 1.43. The van der Waals surface area contributed by atoms with Crippen molar-refractivity contribution in [1.82, 2.24) is 15.2 Å². The Kier molecular flexibility index (Phi) is 4.51. The zero-order valence-corrected chi connectivity index (χ0v) is 9.99. The average Bonchev–Trinajstić information content (AvgIpc) is 2.85. The van der Waals surface area contributed by atoms with Gasteiger partial charge in [0.1, 0.15) is 0 Å². The Morgan fingerprint density at radius 1 is 1.38 bits per heavy atom. The normalized spacial score (nSPS) is 9.44. The van der Waals surface area contributed by atoms with Crippen LogP contribution in [0.1, 0.15) is 26.3 Å². The van der Waals surface area contributed by atoms with Gasteiger partial charge in [0.05, 0.1) is 17.6 Å². The van der Waals surface area contributed by atoms with Gasteiger partial charge in [0.15, 0.2) is 0 Å². The van der Waals surface area contributed by atoms with Gasteiger partial charge in [-0.15, -0.1) is 0 Å². The molecule has 0 unspecified atom stereocenters. The number of aromatic nitrogens is 3. The maximum absolute atomic E-state index is 5.98. The summed E-state index contributed by atoms with van der Waals surface area (Å²) in [6, 6.07) is 1.94. The molecule has 2 heterocycles. The molecule has 0 radical (unpaired) electrons. The molecule has 0 saturated heterocycles. The van der Waals surface area contributed by atoms with Gasteiger partial charge >= 0.3 is 0 Å². The van der Waals surface area contributed by atoms with E-state index in [4.69, 9.17) is 5.73 Å². The highest BCUT2D eigenvalue weighted by molar-refractivity contribution is 5.73. The van der Waals surface area contributed by atoms with Crippen LogP contribution in [-0.2, 0) is 6.42 Å². The molecular weight excluding hydrogens is 200 g/mol. The number of rotatable bonds is 2. The number of nitrogens with two attached hydrogens (primary N) is 1. The zero-order chi connectivity index (χ0) is 12.0. The first-order valence-electron chi connectivity index (χ1n) is 5.55. The molecule has 0 spiro atoms. The van der Waals surface area contributed by atoms with Gasteiger partial charge in [-0.1, -0.05) is 20.8 Å². The van der Waals surface area contributed by atoms with Crippen molar-refractivity contribution in [3.63, 3.8) is 0 Å². The zero-order valence-electron chi connectivity index (χ0n) is 9.99. The van der Waals surface area contributed by atoms with Crippen LogP contribution in [0.3, 0.4) is 0 Å². The lowest BCUT2D eigenvalue weighted by molar-refractivity contribution is 1.09. The summed E-state index contributed by atoms with van der Waals surface area (Å²) in [6.45, 7) is 6.07. The number of nitrogens with zero attached hydrogens (tertiary/aromatic N) is 2. The number of nitrogens with one attached hydrogen (secondary N) is 1. The Morgan fingerprint density at radius 2 is 2.12 bits per heavy atom. The molecular formula is C12H18N4. The highest BCUT2D eigenvalue weighted by Crippen LogP contribution is 2.25. The fourth-order valence-electron chi connectivity index (χ4n) is 1.43. The molecule has 4 nitrogen and oxygen atoms in total. The number of H-pyrrole nitrogens is 1. The third kappa shape index (κ3) is 2.39. The van der Waals surface area contributed by atoms with Gasteiger partial charge in [0.25, 0.3) is 0 Å². The summed E-state index contributed by atoms with van der Waals surface area (Å²) in [5, 5.41) is 6.62. The van der Waals surface area contributed by atoms with Gasteiger partial charge in [0.2, 0.25) is 0 Å². The Morgan fingerprint density at radius 3 is 2.69 bits per heavy atom. The summed E-state index contributed by atoms with van der Waals surface area (Å²) in [6.07, 6.45) is 6.20. The molecule has 0 saturated carbocycles. The molecule has 0 atom stereocenters. The van der Waals surface area contributed by atoms with Gasteiger partial charge in [-0.2, -0.15) is 5.10 Å². The molecule has 0 aromatic carbocycles. The second kappa shape index (κ2) is 5.90. The van der Waals surface area contributed by atoms with E-state index in [-0.39, 0.29) is 0 Å². The van der Waals surface area contributed by atoms with Crippen LogP contribution in [0.25, 0.3) is 11.3 Å². The van der Waals surface area contributed by atoms with E-state index in [0.29, 0.717) is 0 Å². The predicted octanol–water partition coefficient (Wildman–Crippen LogP) is 2.64. The van der Waals surface area contributed by atoms with Gasteiger partial charge in [-0.05, 0) is 18.1 Å². The van der Waals surface area contributed by atoms with Crippen LogP contribution < -0.4 is 5.73 Å². The third-order valence-corrected chi connectivity index (χ3v) is 2.23. The topological polar surface area (TPSA) is 67.6 Å². The van der Waals surface area contributed by atoms with E-state index in [9.17, 15) is 0 Å². The molecule has 0 aliphatic heterocycles. The first-order chi connectivity index (χ1) is 7.83. The monoisotopic (exact) mass is 218 g/mol. The Hall–Kier alpha value is -1.84. The minimum absolute atomic E-state index is 0.747. The maximum Gasteiger partial charge on any atom is 0.0965 e. The summed E-state index contributed by atoms with van der Waals surface area (Å²) >= 11 is 0. The predicted molar refractivity (Wildman–Crippen MR) is 67.0 cm³/mol. The molecule has 0 aliphatic carbocycles. The number of aryl methyl sites for hydroxylation is 1. The van der Waals surface area contributed by atoms with Crippen molar-refractivity contribution in [2.24, 2.45) is 0 Å². The van der Waals surface area contributed by atoms with Crippen molar-refractivity contribution in [3.8, 4) is 11.3 Å². The Balaban J connectivity index is 0.000000606. The lowest BCUT2D eigenvalue weighted by Gasteiger charge is -2.06. The molecule has 2 rings (SSSR count). The largest absolute Gasteiger partial charge is 0.397 e. The maximum atomic E-state index is 5.98.